The number of anilines is 1. The third-order valence-corrected chi connectivity index (χ3v) is 2.85. The van der Waals surface area contributed by atoms with Crippen LogP contribution in [0.3, 0.4) is 0 Å². The van der Waals surface area contributed by atoms with Crippen molar-refractivity contribution in [3.8, 4) is 0 Å². The molecular weight excluding hydrogens is 260 g/mol. The monoisotopic (exact) mass is 272 g/mol. The molecule has 92 valence electrons. The lowest BCUT2D eigenvalue weighted by atomic mass is 10.2. The second-order valence-corrected chi connectivity index (χ2v) is 6.14. The number of nitrogens with one attached hydrogen (secondary N) is 1. The lowest BCUT2D eigenvalue weighted by Crippen LogP contribution is -2.22. The number of sulfone groups is 1. The van der Waals surface area contributed by atoms with Gasteiger partial charge in [-0.3, -0.25) is 4.79 Å². The quantitative estimate of drug-likeness (QED) is 0.770. The normalized spacial score (nSPS) is 10.9. The Morgan fingerprint density at radius 1 is 1.47 bits per heavy atom. The lowest BCUT2D eigenvalue weighted by Gasteiger charge is -2.06. The van der Waals surface area contributed by atoms with Gasteiger partial charge in [-0.1, -0.05) is 24.4 Å². The Morgan fingerprint density at radius 2 is 2.12 bits per heavy atom. The fourth-order valence-electron chi connectivity index (χ4n) is 1.19. The average Bonchev–Trinajstić information content (AvgIpc) is 2.14. The van der Waals surface area contributed by atoms with Crippen molar-refractivity contribution >= 4 is 38.6 Å². The van der Waals surface area contributed by atoms with E-state index in [4.69, 9.17) is 18.0 Å². The van der Waals surface area contributed by atoms with Crippen molar-refractivity contribution in [1.82, 2.24) is 0 Å². The first kappa shape index (κ1) is 13.6. The third-order valence-electron chi connectivity index (χ3n) is 1.82. The molecule has 0 aliphatic rings. The van der Waals surface area contributed by atoms with Crippen LogP contribution < -0.4 is 11.1 Å². The summed E-state index contributed by atoms with van der Waals surface area (Å²) < 4.78 is 21.8. The van der Waals surface area contributed by atoms with Crippen molar-refractivity contribution in [3.63, 3.8) is 0 Å². The van der Waals surface area contributed by atoms with Crippen LogP contribution in [0.4, 0.5) is 5.69 Å². The van der Waals surface area contributed by atoms with Gasteiger partial charge in [0.25, 0.3) is 0 Å². The van der Waals surface area contributed by atoms with Crippen LogP contribution in [0.5, 0.6) is 0 Å². The Morgan fingerprint density at radius 3 is 2.65 bits per heavy atom. The van der Waals surface area contributed by atoms with E-state index >= 15 is 0 Å². The van der Waals surface area contributed by atoms with Gasteiger partial charge in [0, 0.05) is 17.5 Å². The maximum atomic E-state index is 11.4. The number of hydrogen-bond donors (Lipinski definition) is 2. The summed E-state index contributed by atoms with van der Waals surface area (Å²) in [5.74, 6) is -1.14. The number of rotatable bonds is 4. The molecule has 5 nitrogen and oxygen atoms in total. The molecule has 0 bridgehead atoms. The Kier molecular flexibility index (Phi) is 4.19. The highest BCUT2D eigenvalue weighted by Crippen LogP contribution is 2.10. The smallest absolute Gasteiger partial charge is 0.239 e. The van der Waals surface area contributed by atoms with Gasteiger partial charge in [-0.15, -0.1) is 0 Å². The minimum Gasteiger partial charge on any atom is -0.389 e. The highest BCUT2D eigenvalue weighted by molar-refractivity contribution is 7.91. The molecule has 0 fully saturated rings. The standard InChI is InChI=1S/C10H12N2O3S2/c1-17(14,15)6-9(13)12-8-4-2-3-7(5-8)10(11)16/h2-5H,6H2,1H3,(H2,11,16)(H,12,13). The number of benzene rings is 1. The van der Waals surface area contributed by atoms with Gasteiger partial charge >= 0.3 is 0 Å². The molecule has 17 heavy (non-hydrogen) atoms. The number of carbonyl (C=O) groups excluding carboxylic acids is 1. The zero-order chi connectivity index (χ0) is 13.1. The lowest BCUT2D eigenvalue weighted by molar-refractivity contribution is -0.113. The zero-order valence-corrected chi connectivity index (χ0v) is 10.8. The van der Waals surface area contributed by atoms with Crippen molar-refractivity contribution in [3.05, 3.63) is 29.8 Å². The van der Waals surface area contributed by atoms with E-state index in [2.05, 4.69) is 5.32 Å². The summed E-state index contributed by atoms with van der Waals surface area (Å²) in [5.41, 5.74) is 6.51. The van der Waals surface area contributed by atoms with Crippen molar-refractivity contribution in [2.75, 3.05) is 17.3 Å². The van der Waals surface area contributed by atoms with E-state index in [1.54, 1.807) is 24.3 Å². The highest BCUT2D eigenvalue weighted by Gasteiger charge is 2.11. The largest absolute Gasteiger partial charge is 0.389 e. The maximum absolute atomic E-state index is 11.4. The van der Waals surface area contributed by atoms with Gasteiger partial charge in [0.15, 0.2) is 9.84 Å². The minimum absolute atomic E-state index is 0.212. The van der Waals surface area contributed by atoms with E-state index in [1.165, 1.54) is 0 Å². The fourth-order valence-corrected chi connectivity index (χ4v) is 1.86. The SMILES string of the molecule is CS(=O)(=O)CC(=O)Nc1cccc(C(N)=S)c1. The number of carbonyl (C=O) groups is 1. The molecule has 0 saturated heterocycles. The van der Waals surface area contributed by atoms with Crippen molar-refractivity contribution < 1.29 is 13.2 Å². The Hall–Kier alpha value is -1.47. The summed E-state index contributed by atoms with van der Waals surface area (Å²) in [6.45, 7) is 0. The van der Waals surface area contributed by atoms with E-state index in [0.29, 0.717) is 11.3 Å². The van der Waals surface area contributed by atoms with Gasteiger partial charge in [0.05, 0.1) is 0 Å². The predicted octanol–water partition coefficient (Wildman–Crippen LogP) is 0.304. The summed E-state index contributed by atoms with van der Waals surface area (Å²) in [6, 6.07) is 6.59. The summed E-state index contributed by atoms with van der Waals surface area (Å²) in [4.78, 5) is 11.6. The van der Waals surface area contributed by atoms with E-state index in [-0.39, 0.29) is 4.99 Å². The Balaban J connectivity index is 2.79. The molecule has 7 heteroatoms. The number of nitrogens with two attached hydrogens (primary N) is 1. The maximum Gasteiger partial charge on any atom is 0.239 e. The van der Waals surface area contributed by atoms with Crippen LogP contribution in [0.25, 0.3) is 0 Å². The molecule has 0 heterocycles. The van der Waals surface area contributed by atoms with E-state index in [9.17, 15) is 13.2 Å². The molecule has 3 N–H and O–H groups in total. The third kappa shape index (κ3) is 4.92. The summed E-state index contributed by atoms with van der Waals surface area (Å²) in [5, 5.41) is 2.46. The molecule has 0 spiro atoms. The fraction of sp³-hybridized carbons (Fsp3) is 0.200. The molecule has 0 aromatic heterocycles. The topological polar surface area (TPSA) is 89.3 Å². The Labute approximate surface area is 105 Å². The van der Waals surface area contributed by atoms with Gasteiger partial charge in [-0.05, 0) is 12.1 Å². The summed E-state index contributed by atoms with van der Waals surface area (Å²) >= 11 is 4.79. The zero-order valence-electron chi connectivity index (χ0n) is 9.14. The van der Waals surface area contributed by atoms with Gasteiger partial charge < -0.3 is 11.1 Å². The molecule has 0 radical (unpaired) electrons. The molecule has 1 rings (SSSR count). The molecule has 1 aromatic rings. The van der Waals surface area contributed by atoms with Crippen LogP contribution in [-0.2, 0) is 14.6 Å². The van der Waals surface area contributed by atoms with E-state index < -0.39 is 21.5 Å². The molecule has 1 aromatic carbocycles. The molecule has 0 atom stereocenters. The van der Waals surface area contributed by atoms with Crippen LogP contribution in [0.2, 0.25) is 0 Å². The van der Waals surface area contributed by atoms with Crippen molar-refractivity contribution in [1.29, 1.82) is 0 Å². The number of thiocarbonyl (C=S) groups is 1. The van der Waals surface area contributed by atoms with Gasteiger partial charge in [0.2, 0.25) is 5.91 Å². The van der Waals surface area contributed by atoms with E-state index in [0.717, 1.165) is 6.26 Å². The van der Waals surface area contributed by atoms with E-state index in [1.807, 2.05) is 0 Å². The number of hydrogen-bond acceptors (Lipinski definition) is 4. The van der Waals surface area contributed by atoms with Gasteiger partial charge in [-0.2, -0.15) is 0 Å². The average molecular weight is 272 g/mol. The molecule has 0 saturated carbocycles. The highest BCUT2D eigenvalue weighted by atomic mass is 32.2. The van der Waals surface area contributed by atoms with Crippen LogP contribution in [-0.4, -0.2) is 31.3 Å². The molecule has 1 amide bonds. The van der Waals surface area contributed by atoms with Crippen LogP contribution in [0, 0.1) is 0 Å². The minimum atomic E-state index is -3.33. The second-order valence-electron chi connectivity index (χ2n) is 3.56. The van der Waals surface area contributed by atoms with Crippen LogP contribution in [0.15, 0.2) is 24.3 Å². The molecular formula is C10H12N2O3S2. The van der Waals surface area contributed by atoms with Crippen molar-refractivity contribution in [2.45, 2.75) is 0 Å². The van der Waals surface area contributed by atoms with Crippen LogP contribution >= 0.6 is 12.2 Å². The molecule has 0 aliphatic carbocycles. The predicted molar refractivity (Wildman–Crippen MR) is 70.7 cm³/mol. The molecule has 0 unspecified atom stereocenters. The Bertz CT molecular complexity index is 552. The summed E-state index contributed by atoms with van der Waals surface area (Å²) in [6.07, 6.45) is 0.998. The number of amides is 1. The van der Waals surface area contributed by atoms with Crippen molar-refractivity contribution in [2.24, 2.45) is 5.73 Å². The first-order chi connectivity index (χ1) is 7.78. The van der Waals surface area contributed by atoms with Crippen LogP contribution in [0.1, 0.15) is 5.56 Å². The summed E-state index contributed by atoms with van der Waals surface area (Å²) in [7, 11) is -3.33. The first-order valence-corrected chi connectivity index (χ1v) is 7.12. The molecule has 0 aliphatic heterocycles. The van der Waals surface area contributed by atoms with Gasteiger partial charge in [0.1, 0.15) is 10.7 Å². The van der Waals surface area contributed by atoms with Gasteiger partial charge in [-0.25, -0.2) is 8.42 Å². The second kappa shape index (κ2) is 5.24. The first-order valence-electron chi connectivity index (χ1n) is 4.65.